The molecule has 3 rings (SSSR count). The highest BCUT2D eigenvalue weighted by Crippen LogP contribution is 2.09. The van der Waals surface area contributed by atoms with Gasteiger partial charge >= 0.3 is 0 Å². The molecule has 4 heteroatoms. The van der Waals surface area contributed by atoms with Crippen molar-refractivity contribution in [1.82, 2.24) is 20.3 Å². The van der Waals surface area contributed by atoms with Gasteiger partial charge in [0.25, 0.3) is 0 Å². The lowest BCUT2D eigenvalue weighted by molar-refractivity contribution is 0.466. The third-order valence-electron chi connectivity index (χ3n) is 3.38. The Bertz CT molecular complexity index is 486. The van der Waals surface area contributed by atoms with Crippen LogP contribution in [0.2, 0.25) is 0 Å². The van der Waals surface area contributed by atoms with E-state index in [1.807, 2.05) is 10.7 Å². The molecular formula is C14H18N4. The van der Waals surface area contributed by atoms with Crippen molar-refractivity contribution in [2.45, 2.75) is 31.8 Å². The first-order chi connectivity index (χ1) is 8.90. The van der Waals surface area contributed by atoms with Crippen LogP contribution in [0.4, 0.5) is 0 Å². The van der Waals surface area contributed by atoms with Crippen LogP contribution in [0.15, 0.2) is 36.5 Å². The largest absolute Gasteiger partial charge is 0.312 e. The molecule has 1 aliphatic heterocycles. The Morgan fingerprint density at radius 3 is 2.94 bits per heavy atom. The van der Waals surface area contributed by atoms with Gasteiger partial charge in [-0.1, -0.05) is 35.5 Å². The number of rotatable bonds is 4. The SMILES string of the molecule is c1ccc(Cc2cn(CC3CCCN3)nn2)cc1. The van der Waals surface area contributed by atoms with Crippen molar-refractivity contribution in [2.24, 2.45) is 0 Å². The standard InChI is InChI=1S/C14H18N4/c1-2-5-12(6-3-1)9-14-11-18(17-16-14)10-13-7-4-8-15-13/h1-3,5-6,11,13,15H,4,7-10H2. The maximum Gasteiger partial charge on any atom is 0.0870 e. The molecule has 0 bridgehead atoms. The van der Waals surface area contributed by atoms with Gasteiger partial charge in [0, 0.05) is 18.7 Å². The predicted molar refractivity (Wildman–Crippen MR) is 70.3 cm³/mol. The maximum atomic E-state index is 4.24. The van der Waals surface area contributed by atoms with Crippen LogP contribution in [0.25, 0.3) is 0 Å². The summed E-state index contributed by atoms with van der Waals surface area (Å²) in [7, 11) is 0. The van der Waals surface area contributed by atoms with E-state index in [1.165, 1.54) is 18.4 Å². The van der Waals surface area contributed by atoms with Gasteiger partial charge in [0.2, 0.25) is 0 Å². The van der Waals surface area contributed by atoms with Crippen LogP contribution in [0.3, 0.4) is 0 Å². The molecule has 1 atom stereocenters. The summed E-state index contributed by atoms with van der Waals surface area (Å²) in [5.74, 6) is 0. The molecule has 0 spiro atoms. The van der Waals surface area contributed by atoms with Gasteiger partial charge in [-0.15, -0.1) is 5.10 Å². The average Bonchev–Trinajstić information content (AvgIpc) is 3.03. The molecule has 94 valence electrons. The van der Waals surface area contributed by atoms with Crippen molar-refractivity contribution in [3.63, 3.8) is 0 Å². The first-order valence-electron chi connectivity index (χ1n) is 6.56. The van der Waals surface area contributed by atoms with Gasteiger partial charge in [-0.2, -0.15) is 0 Å². The summed E-state index contributed by atoms with van der Waals surface area (Å²) in [5, 5.41) is 11.9. The van der Waals surface area contributed by atoms with Crippen LogP contribution in [0.1, 0.15) is 24.1 Å². The molecule has 2 heterocycles. The van der Waals surface area contributed by atoms with Crippen LogP contribution in [-0.4, -0.2) is 27.6 Å². The predicted octanol–water partition coefficient (Wildman–Crippen LogP) is 1.62. The smallest absolute Gasteiger partial charge is 0.0870 e. The summed E-state index contributed by atoms with van der Waals surface area (Å²) in [6, 6.07) is 11.0. The number of nitrogens with zero attached hydrogens (tertiary/aromatic N) is 3. The molecule has 1 aliphatic rings. The lowest BCUT2D eigenvalue weighted by atomic mass is 10.1. The lowest BCUT2D eigenvalue weighted by Gasteiger charge is -2.08. The maximum absolute atomic E-state index is 4.24. The Labute approximate surface area is 107 Å². The second-order valence-electron chi connectivity index (χ2n) is 4.89. The molecule has 1 fully saturated rings. The highest BCUT2D eigenvalue weighted by atomic mass is 15.4. The van der Waals surface area contributed by atoms with Crippen molar-refractivity contribution >= 4 is 0 Å². The lowest BCUT2D eigenvalue weighted by Crippen LogP contribution is -2.26. The minimum Gasteiger partial charge on any atom is -0.312 e. The average molecular weight is 242 g/mol. The van der Waals surface area contributed by atoms with Crippen LogP contribution in [0, 0.1) is 0 Å². The van der Waals surface area contributed by atoms with Crippen molar-refractivity contribution in [1.29, 1.82) is 0 Å². The van der Waals surface area contributed by atoms with Crippen molar-refractivity contribution in [3.05, 3.63) is 47.8 Å². The van der Waals surface area contributed by atoms with Gasteiger partial charge in [0.15, 0.2) is 0 Å². The Balaban J connectivity index is 1.62. The number of aromatic nitrogens is 3. The summed E-state index contributed by atoms with van der Waals surface area (Å²) < 4.78 is 1.96. The molecule has 2 aromatic rings. The number of hydrogen-bond acceptors (Lipinski definition) is 3. The van der Waals surface area contributed by atoms with E-state index in [2.05, 4.69) is 46.1 Å². The van der Waals surface area contributed by atoms with Crippen LogP contribution in [-0.2, 0) is 13.0 Å². The highest BCUT2D eigenvalue weighted by Gasteiger charge is 2.15. The van der Waals surface area contributed by atoms with Gasteiger partial charge < -0.3 is 5.32 Å². The zero-order chi connectivity index (χ0) is 12.2. The van der Waals surface area contributed by atoms with Crippen LogP contribution < -0.4 is 5.32 Å². The van der Waals surface area contributed by atoms with Gasteiger partial charge in [-0.25, -0.2) is 0 Å². The molecule has 0 amide bonds. The molecule has 18 heavy (non-hydrogen) atoms. The molecule has 0 radical (unpaired) electrons. The van der Waals surface area contributed by atoms with Gasteiger partial charge in [0.05, 0.1) is 12.2 Å². The molecular weight excluding hydrogens is 224 g/mol. The first kappa shape index (κ1) is 11.4. The van der Waals surface area contributed by atoms with Gasteiger partial charge in [-0.3, -0.25) is 4.68 Å². The zero-order valence-electron chi connectivity index (χ0n) is 10.4. The van der Waals surface area contributed by atoms with E-state index in [9.17, 15) is 0 Å². The Kier molecular flexibility index (Phi) is 3.37. The molecule has 1 saturated heterocycles. The second kappa shape index (κ2) is 5.31. The quantitative estimate of drug-likeness (QED) is 0.886. The van der Waals surface area contributed by atoms with Crippen molar-refractivity contribution in [3.8, 4) is 0 Å². The summed E-state index contributed by atoms with van der Waals surface area (Å²) in [5.41, 5.74) is 2.32. The van der Waals surface area contributed by atoms with E-state index in [0.29, 0.717) is 6.04 Å². The van der Waals surface area contributed by atoms with E-state index in [-0.39, 0.29) is 0 Å². The van der Waals surface area contributed by atoms with Gasteiger partial charge in [-0.05, 0) is 24.9 Å². The molecule has 0 saturated carbocycles. The second-order valence-corrected chi connectivity index (χ2v) is 4.89. The summed E-state index contributed by atoms with van der Waals surface area (Å²) in [6.07, 6.45) is 5.44. The fraction of sp³-hybridized carbons (Fsp3) is 0.429. The van der Waals surface area contributed by atoms with Crippen LogP contribution >= 0.6 is 0 Å². The van der Waals surface area contributed by atoms with Crippen LogP contribution in [0.5, 0.6) is 0 Å². The molecule has 1 aromatic carbocycles. The van der Waals surface area contributed by atoms with E-state index < -0.39 is 0 Å². The fourth-order valence-corrected chi connectivity index (χ4v) is 2.45. The normalized spacial score (nSPS) is 19.2. The first-order valence-corrected chi connectivity index (χ1v) is 6.56. The topological polar surface area (TPSA) is 42.7 Å². The fourth-order valence-electron chi connectivity index (χ4n) is 2.45. The zero-order valence-corrected chi connectivity index (χ0v) is 10.4. The van der Waals surface area contributed by atoms with E-state index >= 15 is 0 Å². The third-order valence-corrected chi connectivity index (χ3v) is 3.38. The number of benzene rings is 1. The Morgan fingerprint density at radius 1 is 1.28 bits per heavy atom. The highest BCUT2D eigenvalue weighted by molar-refractivity contribution is 5.19. The molecule has 4 nitrogen and oxygen atoms in total. The Morgan fingerprint density at radius 2 is 2.17 bits per heavy atom. The number of hydrogen-bond donors (Lipinski definition) is 1. The summed E-state index contributed by atoms with van der Waals surface area (Å²) in [6.45, 7) is 2.07. The monoisotopic (exact) mass is 242 g/mol. The molecule has 0 aliphatic carbocycles. The van der Waals surface area contributed by atoms with Crippen molar-refractivity contribution in [2.75, 3.05) is 6.54 Å². The molecule has 1 aromatic heterocycles. The molecule has 1 N–H and O–H groups in total. The summed E-state index contributed by atoms with van der Waals surface area (Å²) in [4.78, 5) is 0. The minimum atomic E-state index is 0.566. The van der Waals surface area contributed by atoms with E-state index in [1.54, 1.807) is 0 Å². The number of nitrogens with one attached hydrogen (secondary N) is 1. The molecule has 1 unspecified atom stereocenters. The van der Waals surface area contributed by atoms with Crippen molar-refractivity contribution < 1.29 is 0 Å². The van der Waals surface area contributed by atoms with Gasteiger partial charge in [0.1, 0.15) is 0 Å². The van der Waals surface area contributed by atoms with E-state index in [4.69, 9.17) is 0 Å². The summed E-state index contributed by atoms with van der Waals surface area (Å²) >= 11 is 0. The van der Waals surface area contributed by atoms with E-state index in [0.717, 1.165) is 25.2 Å². The minimum absolute atomic E-state index is 0.566. The Hall–Kier alpha value is -1.68. The third kappa shape index (κ3) is 2.76.